The molecule has 136 valence electrons. The molecule has 0 amide bonds. The molecule has 0 aliphatic heterocycles. The van der Waals surface area contributed by atoms with Gasteiger partial charge in [-0.2, -0.15) is 0 Å². The lowest BCUT2D eigenvalue weighted by atomic mass is 9.90. The van der Waals surface area contributed by atoms with E-state index < -0.39 is 0 Å². The molecule has 1 aliphatic carbocycles. The molecule has 1 aliphatic rings. The van der Waals surface area contributed by atoms with Crippen LogP contribution in [0.2, 0.25) is 0 Å². The highest BCUT2D eigenvalue weighted by Gasteiger charge is 2.17. The Bertz CT molecular complexity index is 767. The second-order valence-corrected chi connectivity index (χ2v) is 8.14. The van der Waals surface area contributed by atoms with Crippen LogP contribution in [0, 0.1) is 5.92 Å². The minimum absolute atomic E-state index is 0.00255. The van der Waals surface area contributed by atoms with Crippen molar-refractivity contribution in [2.45, 2.75) is 65.0 Å². The van der Waals surface area contributed by atoms with Crippen molar-refractivity contribution in [3.8, 4) is 5.75 Å². The molecule has 1 heterocycles. The zero-order valence-corrected chi connectivity index (χ0v) is 15.6. The summed E-state index contributed by atoms with van der Waals surface area (Å²) in [6.07, 6.45) is 7.91. The van der Waals surface area contributed by atoms with E-state index in [1.807, 2.05) is 18.2 Å². The molecule has 2 aromatic rings. The van der Waals surface area contributed by atoms with Crippen molar-refractivity contribution in [2.24, 2.45) is 5.92 Å². The first-order chi connectivity index (χ1) is 11.9. The van der Waals surface area contributed by atoms with Crippen LogP contribution in [0.25, 0.3) is 11.0 Å². The molecule has 1 saturated carbocycles. The van der Waals surface area contributed by atoms with E-state index >= 15 is 0 Å². The van der Waals surface area contributed by atoms with Gasteiger partial charge in [0, 0.05) is 17.6 Å². The van der Waals surface area contributed by atoms with Crippen molar-refractivity contribution in [1.82, 2.24) is 5.32 Å². The topological polar surface area (TPSA) is 51.5 Å². The van der Waals surface area contributed by atoms with Crippen LogP contribution in [-0.2, 0) is 6.54 Å². The van der Waals surface area contributed by atoms with Crippen LogP contribution >= 0.6 is 0 Å². The van der Waals surface area contributed by atoms with E-state index in [1.165, 1.54) is 32.1 Å². The standard InChI is InChI=1S/C21H29NO3/c1-21(2,3)22-12-16-14-25-18-11-7-10-17(19(18)20(16)23)24-13-15-8-5-4-6-9-15/h7,10-11,14-15,22H,4-6,8-9,12-13H2,1-3H3. The van der Waals surface area contributed by atoms with E-state index in [1.54, 1.807) is 6.26 Å². The highest BCUT2D eigenvalue weighted by atomic mass is 16.5. The van der Waals surface area contributed by atoms with E-state index in [0.717, 1.165) is 0 Å². The Labute approximate surface area is 149 Å². The van der Waals surface area contributed by atoms with Gasteiger partial charge in [-0.3, -0.25) is 4.79 Å². The normalized spacial score (nSPS) is 16.3. The molecule has 0 radical (unpaired) electrons. The zero-order valence-electron chi connectivity index (χ0n) is 15.6. The quantitative estimate of drug-likeness (QED) is 0.859. The number of ether oxygens (including phenoxy) is 1. The second kappa shape index (κ2) is 7.61. The monoisotopic (exact) mass is 343 g/mol. The van der Waals surface area contributed by atoms with Crippen molar-refractivity contribution in [2.75, 3.05) is 6.61 Å². The van der Waals surface area contributed by atoms with Crippen LogP contribution in [0.1, 0.15) is 58.4 Å². The maximum Gasteiger partial charge on any atom is 0.200 e. The van der Waals surface area contributed by atoms with Crippen molar-refractivity contribution >= 4 is 11.0 Å². The lowest BCUT2D eigenvalue weighted by Gasteiger charge is -2.22. The van der Waals surface area contributed by atoms with Gasteiger partial charge >= 0.3 is 0 Å². The number of fused-ring (bicyclic) bond motifs is 1. The van der Waals surface area contributed by atoms with Gasteiger partial charge in [-0.25, -0.2) is 0 Å². The molecule has 4 nitrogen and oxygen atoms in total. The average molecular weight is 343 g/mol. The molecule has 4 heteroatoms. The van der Waals surface area contributed by atoms with Crippen LogP contribution in [-0.4, -0.2) is 12.1 Å². The van der Waals surface area contributed by atoms with Gasteiger partial charge in [0.05, 0.1) is 12.9 Å². The summed E-state index contributed by atoms with van der Waals surface area (Å²) in [5, 5.41) is 3.91. The Balaban J connectivity index is 1.83. The van der Waals surface area contributed by atoms with Gasteiger partial charge in [0.2, 0.25) is 5.43 Å². The number of rotatable bonds is 5. The molecule has 3 rings (SSSR count). The van der Waals surface area contributed by atoms with Crippen molar-refractivity contribution < 1.29 is 9.15 Å². The van der Waals surface area contributed by atoms with Crippen molar-refractivity contribution in [3.63, 3.8) is 0 Å². The minimum atomic E-state index is -0.0571. The Kier molecular flexibility index (Phi) is 5.48. The van der Waals surface area contributed by atoms with E-state index in [4.69, 9.17) is 9.15 Å². The number of hydrogen-bond donors (Lipinski definition) is 1. The molecule has 0 atom stereocenters. The Morgan fingerprint density at radius 2 is 1.96 bits per heavy atom. The zero-order chi connectivity index (χ0) is 17.9. The third-order valence-electron chi connectivity index (χ3n) is 4.84. The second-order valence-electron chi connectivity index (χ2n) is 8.14. The first-order valence-electron chi connectivity index (χ1n) is 9.35. The summed E-state index contributed by atoms with van der Waals surface area (Å²) in [5.41, 5.74) is 1.16. The van der Waals surface area contributed by atoms with Crippen LogP contribution in [0.4, 0.5) is 0 Å². The number of benzene rings is 1. The summed E-state index contributed by atoms with van der Waals surface area (Å²) in [4.78, 5) is 12.9. The first kappa shape index (κ1) is 18.0. The molecule has 0 spiro atoms. The molecule has 0 unspecified atom stereocenters. The lowest BCUT2D eigenvalue weighted by Crippen LogP contribution is -2.36. The van der Waals surface area contributed by atoms with Gasteiger partial charge in [-0.05, 0) is 51.7 Å². The molecule has 1 fully saturated rings. The van der Waals surface area contributed by atoms with Crippen LogP contribution in [0.15, 0.2) is 33.7 Å². The molecule has 0 bridgehead atoms. The molecular formula is C21H29NO3. The van der Waals surface area contributed by atoms with Crippen molar-refractivity contribution in [1.29, 1.82) is 0 Å². The number of hydrogen-bond acceptors (Lipinski definition) is 4. The van der Waals surface area contributed by atoms with Gasteiger partial charge < -0.3 is 14.5 Å². The molecular weight excluding hydrogens is 314 g/mol. The predicted octanol–water partition coefficient (Wildman–Crippen LogP) is 4.64. The van der Waals surface area contributed by atoms with Crippen LogP contribution in [0.5, 0.6) is 5.75 Å². The van der Waals surface area contributed by atoms with Crippen molar-refractivity contribution in [3.05, 3.63) is 40.2 Å². The molecule has 1 aromatic carbocycles. The fourth-order valence-electron chi connectivity index (χ4n) is 3.35. The Morgan fingerprint density at radius 3 is 2.68 bits per heavy atom. The van der Waals surface area contributed by atoms with Gasteiger partial charge in [0.1, 0.15) is 16.7 Å². The molecule has 0 saturated heterocycles. The van der Waals surface area contributed by atoms with E-state index in [-0.39, 0.29) is 11.0 Å². The van der Waals surface area contributed by atoms with Gasteiger partial charge in [-0.1, -0.05) is 25.3 Å². The summed E-state index contributed by atoms with van der Waals surface area (Å²) >= 11 is 0. The van der Waals surface area contributed by atoms with E-state index in [9.17, 15) is 4.79 Å². The van der Waals surface area contributed by atoms with Crippen LogP contribution < -0.4 is 15.5 Å². The summed E-state index contributed by atoms with van der Waals surface area (Å²) < 4.78 is 11.8. The molecule has 1 aromatic heterocycles. The maximum atomic E-state index is 12.9. The lowest BCUT2D eigenvalue weighted by molar-refractivity contribution is 0.210. The summed E-state index contributed by atoms with van der Waals surface area (Å²) in [7, 11) is 0. The largest absolute Gasteiger partial charge is 0.492 e. The van der Waals surface area contributed by atoms with E-state index in [2.05, 4.69) is 26.1 Å². The highest BCUT2D eigenvalue weighted by molar-refractivity contribution is 5.83. The summed E-state index contributed by atoms with van der Waals surface area (Å²) in [6, 6.07) is 5.59. The van der Waals surface area contributed by atoms with Gasteiger partial charge in [0.15, 0.2) is 0 Å². The highest BCUT2D eigenvalue weighted by Crippen LogP contribution is 2.27. The smallest absolute Gasteiger partial charge is 0.200 e. The summed E-state index contributed by atoms with van der Waals surface area (Å²) in [5.74, 6) is 1.25. The SMILES string of the molecule is CC(C)(C)NCc1coc2cccc(OCC3CCCCC3)c2c1=O. The molecule has 1 N–H and O–H groups in total. The average Bonchev–Trinajstić information content (AvgIpc) is 2.59. The van der Waals surface area contributed by atoms with E-state index in [0.29, 0.717) is 41.4 Å². The minimum Gasteiger partial charge on any atom is -0.492 e. The Morgan fingerprint density at radius 1 is 1.20 bits per heavy atom. The third kappa shape index (κ3) is 4.63. The third-order valence-corrected chi connectivity index (χ3v) is 4.84. The fraction of sp³-hybridized carbons (Fsp3) is 0.571. The fourth-order valence-corrected chi connectivity index (χ4v) is 3.35. The summed E-state index contributed by atoms with van der Waals surface area (Å²) in [6.45, 7) is 7.40. The maximum absolute atomic E-state index is 12.9. The number of nitrogens with one attached hydrogen (secondary N) is 1. The first-order valence-corrected chi connectivity index (χ1v) is 9.35. The predicted molar refractivity (Wildman–Crippen MR) is 101 cm³/mol. The van der Waals surface area contributed by atoms with Gasteiger partial charge in [-0.15, -0.1) is 0 Å². The molecule has 25 heavy (non-hydrogen) atoms. The van der Waals surface area contributed by atoms with Crippen LogP contribution in [0.3, 0.4) is 0 Å². The van der Waals surface area contributed by atoms with Gasteiger partial charge in [0.25, 0.3) is 0 Å². The Hall–Kier alpha value is -1.81.